The number of nitrogens with one attached hydrogen (secondary N) is 1. The Bertz CT molecular complexity index is 211. The molecule has 0 bridgehead atoms. The Morgan fingerprint density at radius 2 is 2.12 bits per heavy atom. The molecular weight excluding hydrogens is 247 g/mol. The first kappa shape index (κ1) is 15.5. The zero-order chi connectivity index (χ0) is 12.6. The predicted molar refractivity (Wildman–Crippen MR) is 54.4 cm³/mol. The lowest BCUT2D eigenvalue weighted by atomic mass is 10.2. The summed E-state index contributed by atoms with van der Waals surface area (Å²) in [5.74, 6) is -0.566. The van der Waals surface area contributed by atoms with Crippen LogP contribution in [-0.2, 0) is 9.53 Å². The van der Waals surface area contributed by atoms with Crippen molar-refractivity contribution in [2.24, 2.45) is 0 Å². The summed E-state index contributed by atoms with van der Waals surface area (Å²) in [6.45, 7) is 0.258. The van der Waals surface area contributed by atoms with Crippen molar-refractivity contribution in [3.05, 3.63) is 0 Å². The monoisotopic (exact) mass is 261 g/mol. The number of halogens is 4. The highest BCUT2D eigenvalue weighted by Crippen LogP contribution is 2.14. The summed E-state index contributed by atoms with van der Waals surface area (Å²) in [7, 11) is 0. The molecule has 0 saturated carbocycles. The van der Waals surface area contributed by atoms with Crippen LogP contribution in [0.1, 0.15) is 19.8 Å². The third kappa shape index (κ3) is 10.0. The second-order valence-corrected chi connectivity index (χ2v) is 3.87. The van der Waals surface area contributed by atoms with Crippen LogP contribution in [0, 0.1) is 0 Å². The lowest BCUT2D eigenvalue weighted by Gasteiger charge is -2.09. The molecule has 0 heterocycles. The minimum absolute atomic E-state index is 0.0311. The van der Waals surface area contributed by atoms with E-state index in [0.29, 0.717) is 13.0 Å². The van der Waals surface area contributed by atoms with Crippen molar-refractivity contribution in [2.75, 3.05) is 19.8 Å². The Morgan fingerprint density at radius 1 is 1.50 bits per heavy atom. The maximum Gasteiger partial charge on any atom is 0.411 e. The van der Waals surface area contributed by atoms with Gasteiger partial charge in [0.05, 0.1) is 0 Å². The first-order chi connectivity index (χ1) is 7.35. The largest absolute Gasteiger partial charge is 0.411 e. The van der Waals surface area contributed by atoms with Gasteiger partial charge in [0, 0.05) is 11.9 Å². The Kier molecular flexibility index (Phi) is 7.49. The summed E-state index contributed by atoms with van der Waals surface area (Å²) in [6, 6.07) is 0. The molecule has 96 valence electrons. The number of rotatable bonds is 7. The molecule has 7 heteroatoms. The van der Waals surface area contributed by atoms with Crippen LogP contribution in [0.3, 0.4) is 0 Å². The molecular formula is C9H15ClF3NO2. The van der Waals surface area contributed by atoms with Crippen LogP contribution in [0.4, 0.5) is 13.2 Å². The van der Waals surface area contributed by atoms with Crippen LogP contribution in [0.2, 0.25) is 0 Å². The Labute approximate surface area is 97.3 Å². The highest BCUT2D eigenvalue weighted by atomic mass is 35.5. The molecule has 0 radical (unpaired) electrons. The van der Waals surface area contributed by atoms with Crippen LogP contribution >= 0.6 is 11.6 Å². The fourth-order valence-electron chi connectivity index (χ4n) is 0.883. The summed E-state index contributed by atoms with van der Waals surface area (Å²) in [5, 5.41) is 2.39. The molecule has 1 amide bonds. The standard InChI is InChI=1S/C9H15ClF3NO2/c1-2-7(10)3-4-14-8(15)5-16-6-9(11,12)13/h7H,2-6H2,1H3,(H,14,15). The number of ether oxygens (including phenoxy) is 1. The minimum Gasteiger partial charge on any atom is -0.362 e. The lowest BCUT2D eigenvalue weighted by molar-refractivity contribution is -0.175. The van der Waals surface area contributed by atoms with Crippen molar-refractivity contribution in [3.63, 3.8) is 0 Å². The van der Waals surface area contributed by atoms with Crippen molar-refractivity contribution in [3.8, 4) is 0 Å². The first-order valence-electron chi connectivity index (χ1n) is 4.90. The van der Waals surface area contributed by atoms with Crippen molar-refractivity contribution in [2.45, 2.75) is 31.3 Å². The SMILES string of the molecule is CCC(Cl)CCNC(=O)COCC(F)(F)F. The third-order valence-corrected chi connectivity index (χ3v) is 2.25. The van der Waals surface area contributed by atoms with Crippen LogP contribution in [-0.4, -0.2) is 37.2 Å². The first-order valence-corrected chi connectivity index (χ1v) is 5.34. The Hall–Kier alpha value is -0.490. The van der Waals surface area contributed by atoms with Gasteiger partial charge >= 0.3 is 6.18 Å². The van der Waals surface area contributed by atoms with E-state index in [2.05, 4.69) is 10.1 Å². The molecule has 0 aromatic heterocycles. The molecule has 1 unspecified atom stereocenters. The van der Waals surface area contributed by atoms with Crippen LogP contribution < -0.4 is 5.32 Å². The average molecular weight is 262 g/mol. The predicted octanol–water partition coefficient (Wildman–Crippen LogP) is 2.09. The molecule has 0 aliphatic rings. The molecule has 0 aromatic carbocycles. The van der Waals surface area contributed by atoms with Gasteiger partial charge in [0.15, 0.2) is 0 Å². The quantitative estimate of drug-likeness (QED) is 0.713. The van der Waals surface area contributed by atoms with Crippen molar-refractivity contribution < 1.29 is 22.7 Å². The van der Waals surface area contributed by atoms with Gasteiger partial charge in [0.1, 0.15) is 13.2 Å². The number of amides is 1. The van der Waals surface area contributed by atoms with E-state index in [1.807, 2.05) is 6.92 Å². The molecule has 0 aliphatic heterocycles. The van der Waals surface area contributed by atoms with Gasteiger partial charge in [-0.1, -0.05) is 6.92 Å². The van der Waals surface area contributed by atoms with Crippen molar-refractivity contribution >= 4 is 17.5 Å². The van der Waals surface area contributed by atoms with Crippen LogP contribution in [0.25, 0.3) is 0 Å². The summed E-state index contributed by atoms with van der Waals surface area (Å²) < 4.78 is 39.1. The molecule has 0 rings (SSSR count). The molecule has 1 atom stereocenters. The maximum atomic E-state index is 11.6. The number of carbonyl (C=O) groups is 1. The summed E-state index contributed by atoms with van der Waals surface area (Å²) >= 11 is 5.78. The summed E-state index contributed by atoms with van der Waals surface area (Å²) in [6.07, 6.45) is -3.03. The summed E-state index contributed by atoms with van der Waals surface area (Å²) in [5.41, 5.74) is 0. The van der Waals surface area contributed by atoms with Gasteiger partial charge in [-0.15, -0.1) is 11.6 Å². The molecule has 16 heavy (non-hydrogen) atoms. The van der Waals surface area contributed by atoms with Crippen LogP contribution in [0.15, 0.2) is 0 Å². The van der Waals surface area contributed by atoms with Crippen LogP contribution in [0.5, 0.6) is 0 Å². The minimum atomic E-state index is -4.40. The van der Waals surface area contributed by atoms with Gasteiger partial charge in [-0.25, -0.2) is 0 Å². The van der Waals surface area contributed by atoms with E-state index in [9.17, 15) is 18.0 Å². The zero-order valence-corrected chi connectivity index (χ0v) is 9.70. The van der Waals surface area contributed by atoms with E-state index in [1.54, 1.807) is 0 Å². The Morgan fingerprint density at radius 3 is 2.62 bits per heavy atom. The fraction of sp³-hybridized carbons (Fsp3) is 0.889. The normalized spacial score (nSPS) is 13.6. The zero-order valence-electron chi connectivity index (χ0n) is 8.94. The molecule has 0 saturated heterocycles. The number of hydrogen-bond donors (Lipinski definition) is 1. The molecule has 1 N–H and O–H groups in total. The molecule has 3 nitrogen and oxygen atoms in total. The smallest absolute Gasteiger partial charge is 0.362 e. The van der Waals surface area contributed by atoms with Gasteiger partial charge in [-0.05, 0) is 12.8 Å². The van der Waals surface area contributed by atoms with Gasteiger partial charge in [0.25, 0.3) is 0 Å². The second kappa shape index (κ2) is 7.73. The van der Waals surface area contributed by atoms with E-state index >= 15 is 0 Å². The Balaban J connectivity index is 3.46. The topological polar surface area (TPSA) is 38.3 Å². The van der Waals surface area contributed by atoms with Crippen molar-refractivity contribution in [1.82, 2.24) is 5.32 Å². The average Bonchev–Trinajstić information content (AvgIpc) is 2.15. The van der Waals surface area contributed by atoms with Crippen molar-refractivity contribution in [1.29, 1.82) is 0 Å². The van der Waals surface area contributed by atoms with E-state index in [4.69, 9.17) is 11.6 Å². The van der Waals surface area contributed by atoms with E-state index in [0.717, 1.165) is 6.42 Å². The van der Waals surface area contributed by atoms with E-state index < -0.39 is 25.3 Å². The summed E-state index contributed by atoms with van der Waals surface area (Å²) in [4.78, 5) is 11.0. The third-order valence-electron chi connectivity index (χ3n) is 1.72. The van der Waals surface area contributed by atoms with Gasteiger partial charge < -0.3 is 10.1 Å². The van der Waals surface area contributed by atoms with Gasteiger partial charge in [0.2, 0.25) is 5.91 Å². The fourth-order valence-corrected chi connectivity index (χ4v) is 0.992. The molecule has 0 spiro atoms. The highest BCUT2D eigenvalue weighted by molar-refractivity contribution is 6.20. The molecule has 0 fully saturated rings. The van der Waals surface area contributed by atoms with E-state index in [-0.39, 0.29) is 5.38 Å². The van der Waals surface area contributed by atoms with Gasteiger partial charge in [-0.3, -0.25) is 4.79 Å². The highest BCUT2D eigenvalue weighted by Gasteiger charge is 2.27. The maximum absolute atomic E-state index is 11.6. The molecule has 0 aliphatic carbocycles. The van der Waals surface area contributed by atoms with E-state index in [1.165, 1.54) is 0 Å². The number of hydrogen-bond acceptors (Lipinski definition) is 2. The second-order valence-electron chi connectivity index (χ2n) is 3.25. The number of alkyl halides is 4. The van der Waals surface area contributed by atoms with Gasteiger partial charge in [-0.2, -0.15) is 13.2 Å². The lowest BCUT2D eigenvalue weighted by Crippen LogP contribution is -2.31. The molecule has 0 aromatic rings. The number of carbonyl (C=O) groups excluding carboxylic acids is 1.